The van der Waals surface area contributed by atoms with Crippen molar-refractivity contribution < 1.29 is 0 Å². The van der Waals surface area contributed by atoms with E-state index >= 15 is 0 Å². The molecule has 0 aromatic carbocycles. The van der Waals surface area contributed by atoms with Gasteiger partial charge in [0.25, 0.3) is 0 Å². The van der Waals surface area contributed by atoms with Crippen molar-refractivity contribution >= 4 is 17.9 Å². The lowest BCUT2D eigenvalue weighted by atomic mass is 10.1. The second-order valence-corrected chi connectivity index (χ2v) is 4.83. The Kier molecular flexibility index (Phi) is 6.48. The summed E-state index contributed by atoms with van der Waals surface area (Å²) in [5.74, 6) is 1.38. The molecule has 4 heteroatoms. The van der Waals surface area contributed by atoms with Crippen LogP contribution in [-0.2, 0) is 0 Å². The van der Waals surface area contributed by atoms with Gasteiger partial charge in [0.05, 0.1) is 0 Å². The van der Waals surface area contributed by atoms with Crippen LogP contribution in [0.5, 0.6) is 0 Å². The van der Waals surface area contributed by atoms with E-state index in [1.165, 1.54) is 11.3 Å². The number of nitrogens with zero attached hydrogens (tertiary/aromatic N) is 2. The van der Waals surface area contributed by atoms with Crippen molar-refractivity contribution in [3.8, 4) is 0 Å². The van der Waals surface area contributed by atoms with Gasteiger partial charge in [0, 0.05) is 26.0 Å². The van der Waals surface area contributed by atoms with Crippen LogP contribution < -0.4 is 5.32 Å². The number of guanidine groups is 1. The lowest BCUT2D eigenvalue weighted by Crippen LogP contribution is -2.35. The molecule has 0 aromatic rings. The van der Waals surface area contributed by atoms with E-state index in [0.29, 0.717) is 5.92 Å². The first-order valence-electron chi connectivity index (χ1n) is 5.13. The van der Waals surface area contributed by atoms with E-state index in [1.54, 1.807) is 19.0 Å². The van der Waals surface area contributed by atoms with Gasteiger partial charge in [-0.05, 0) is 19.8 Å². The number of allylic oxidation sites excluding steroid dienone is 2. The van der Waals surface area contributed by atoms with Gasteiger partial charge in [-0.2, -0.15) is 0 Å². The fraction of sp³-hybridized carbons (Fsp3) is 0.727. The zero-order valence-electron chi connectivity index (χ0n) is 10.9. The molecular formula is C11H23N3S. The van der Waals surface area contributed by atoms with Crippen LogP contribution in [0.25, 0.3) is 0 Å². The molecule has 0 spiro atoms. The van der Waals surface area contributed by atoms with Gasteiger partial charge < -0.3 is 5.32 Å². The first-order valence-corrected chi connectivity index (χ1v) is 6.31. The molecule has 0 unspecified atom stereocenters. The maximum Gasteiger partial charge on any atom is 0.207 e. The van der Waals surface area contributed by atoms with Crippen molar-refractivity contribution in [3.05, 3.63) is 11.3 Å². The van der Waals surface area contributed by atoms with Gasteiger partial charge in [-0.3, -0.25) is 9.30 Å². The van der Waals surface area contributed by atoms with Gasteiger partial charge >= 0.3 is 0 Å². The van der Waals surface area contributed by atoms with Crippen LogP contribution in [0.4, 0.5) is 0 Å². The molecule has 0 rings (SSSR count). The lowest BCUT2D eigenvalue weighted by Gasteiger charge is -2.23. The predicted octanol–water partition coefficient (Wildman–Crippen LogP) is 2.72. The van der Waals surface area contributed by atoms with Crippen molar-refractivity contribution in [1.29, 1.82) is 0 Å². The van der Waals surface area contributed by atoms with Gasteiger partial charge in [-0.25, -0.2) is 0 Å². The maximum absolute atomic E-state index is 4.24. The average Bonchev–Trinajstić information content (AvgIpc) is 2.17. The third-order valence-electron chi connectivity index (χ3n) is 2.15. The van der Waals surface area contributed by atoms with E-state index in [9.17, 15) is 0 Å². The first-order chi connectivity index (χ1) is 6.93. The molecular weight excluding hydrogens is 206 g/mol. The highest BCUT2D eigenvalue weighted by atomic mass is 32.2. The summed E-state index contributed by atoms with van der Waals surface area (Å²) in [6, 6.07) is 0. The molecule has 0 radical (unpaired) electrons. The fourth-order valence-electron chi connectivity index (χ4n) is 1.33. The van der Waals surface area contributed by atoms with Crippen molar-refractivity contribution in [1.82, 2.24) is 9.62 Å². The van der Waals surface area contributed by atoms with E-state index in [0.717, 1.165) is 5.96 Å². The van der Waals surface area contributed by atoms with Crippen LogP contribution in [-0.4, -0.2) is 30.6 Å². The van der Waals surface area contributed by atoms with E-state index in [1.807, 2.05) is 17.6 Å². The highest BCUT2D eigenvalue weighted by molar-refractivity contribution is 7.96. The van der Waals surface area contributed by atoms with Gasteiger partial charge in [-0.15, -0.1) is 0 Å². The van der Waals surface area contributed by atoms with Crippen LogP contribution in [0, 0.1) is 5.92 Å². The Balaban J connectivity index is 4.75. The van der Waals surface area contributed by atoms with Crippen LogP contribution in [0.15, 0.2) is 16.3 Å². The quantitative estimate of drug-likeness (QED) is 0.458. The molecule has 0 aliphatic heterocycles. The van der Waals surface area contributed by atoms with Crippen molar-refractivity contribution in [2.75, 3.05) is 20.4 Å². The second kappa shape index (κ2) is 6.77. The standard InChI is InChI=1S/C11H23N3S/c1-8(2)10(9(3)4)13-11(12-5)14(6)15-7/h8H,1-7H3,(H,12,13). The number of nitrogens with one attached hydrogen (secondary N) is 1. The SMILES string of the molecule is CN=C(NC(=C(C)C)C(C)C)N(C)SC. The topological polar surface area (TPSA) is 27.6 Å². The van der Waals surface area contributed by atoms with Crippen molar-refractivity contribution in [2.24, 2.45) is 10.9 Å². The molecule has 0 saturated carbocycles. The number of rotatable bonds is 3. The summed E-state index contributed by atoms with van der Waals surface area (Å²) < 4.78 is 2.02. The molecule has 0 fully saturated rings. The minimum absolute atomic E-state index is 0.488. The molecule has 0 saturated heterocycles. The molecule has 1 N–H and O–H groups in total. The molecule has 0 aliphatic rings. The van der Waals surface area contributed by atoms with E-state index in [-0.39, 0.29) is 0 Å². The van der Waals surface area contributed by atoms with Crippen LogP contribution in [0.1, 0.15) is 27.7 Å². The number of hydrogen-bond acceptors (Lipinski definition) is 2. The van der Waals surface area contributed by atoms with Gasteiger partial charge in [0.15, 0.2) is 0 Å². The van der Waals surface area contributed by atoms with Crippen molar-refractivity contribution in [3.63, 3.8) is 0 Å². The van der Waals surface area contributed by atoms with Crippen LogP contribution in [0.2, 0.25) is 0 Å². The predicted molar refractivity (Wildman–Crippen MR) is 71.0 cm³/mol. The lowest BCUT2D eigenvalue weighted by molar-refractivity contribution is 0.683. The zero-order chi connectivity index (χ0) is 12.0. The van der Waals surface area contributed by atoms with Gasteiger partial charge in [0.2, 0.25) is 5.96 Å². The fourth-order valence-corrected chi connectivity index (χ4v) is 1.63. The van der Waals surface area contributed by atoms with E-state index in [4.69, 9.17) is 0 Å². The molecule has 0 aliphatic carbocycles. The summed E-state index contributed by atoms with van der Waals surface area (Å²) in [4.78, 5) is 4.24. The van der Waals surface area contributed by atoms with Crippen LogP contribution in [0.3, 0.4) is 0 Å². The summed E-state index contributed by atoms with van der Waals surface area (Å²) in [5, 5.41) is 3.39. The monoisotopic (exact) mass is 229 g/mol. The minimum Gasteiger partial charge on any atom is -0.329 e. The molecule has 0 amide bonds. The highest BCUT2D eigenvalue weighted by Crippen LogP contribution is 2.12. The summed E-state index contributed by atoms with van der Waals surface area (Å²) >= 11 is 1.64. The zero-order valence-corrected chi connectivity index (χ0v) is 11.7. The summed E-state index contributed by atoms with van der Waals surface area (Å²) in [6.07, 6.45) is 2.03. The molecule has 0 aromatic heterocycles. The highest BCUT2D eigenvalue weighted by Gasteiger charge is 2.10. The Morgan fingerprint density at radius 3 is 2.13 bits per heavy atom. The van der Waals surface area contributed by atoms with E-state index < -0.39 is 0 Å². The molecule has 88 valence electrons. The molecule has 15 heavy (non-hydrogen) atoms. The Hall–Kier alpha value is -0.640. The van der Waals surface area contributed by atoms with Crippen molar-refractivity contribution in [2.45, 2.75) is 27.7 Å². The summed E-state index contributed by atoms with van der Waals surface area (Å²) in [6.45, 7) is 8.60. The maximum atomic E-state index is 4.24. The van der Waals surface area contributed by atoms with E-state index in [2.05, 4.69) is 38.0 Å². The largest absolute Gasteiger partial charge is 0.329 e. The molecule has 0 atom stereocenters. The van der Waals surface area contributed by atoms with Crippen LogP contribution >= 0.6 is 11.9 Å². The third kappa shape index (κ3) is 4.60. The Morgan fingerprint density at radius 1 is 1.33 bits per heavy atom. The number of aliphatic imine (C=N–C) groups is 1. The van der Waals surface area contributed by atoms with Gasteiger partial charge in [0.1, 0.15) is 0 Å². The van der Waals surface area contributed by atoms with Gasteiger partial charge in [-0.1, -0.05) is 31.4 Å². The smallest absolute Gasteiger partial charge is 0.207 e. The Labute approximate surface area is 98.2 Å². The molecule has 0 heterocycles. The first kappa shape index (κ1) is 14.4. The number of hydrogen-bond donors (Lipinski definition) is 1. The summed E-state index contributed by atoms with van der Waals surface area (Å²) in [5.41, 5.74) is 2.55. The molecule has 3 nitrogen and oxygen atoms in total. The molecule has 0 bridgehead atoms. The Morgan fingerprint density at radius 2 is 1.87 bits per heavy atom. The minimum atomic E-state index is 0.488. The average molecular weight is 229 g/mol. The summed E-state index contributed by atoms with van der Waals surface area (Å²) in [7, 11) is 3.81. The Bertz CT molecular complexity index is 253. The normalized spacial score (nSPS) is 11.6. The second-order valence-electron chi connectivity index (χ2n) is 3.92. The third-order valence-corrected chi connectivity index (χ3v) is 2.87.